The highest BCUT2D eigenvalue weighted by atomic mass is 15.1. The molecule has 0 spiro atoms. The molecule has 2 rings (SSSR count). The third-order valence-corrected chi connectivity index (χ3v) is 5.73. The van der Waals surface area contributed by atoms with Crippen LogP contribution in [0, 0.1) is 17.2 Å². The lowest BCUT2D eigenvalue weighted by Crippen LogP contribution is -2.47. The Morgan fingerprint density at radius 1 is 1.33 bits per heavy atom. The van der Waals surface area contributed by atoms with Gasteiger partial charge in [0.15, 0.2) is 0 Å². The van der Waals surface area contributed by atoms with Gasteiger partial charge in [-0.1, -0.05) is 32.4 Å². The van der Waals surface area contributed by atoms with Gasteiger partial charge in [-0.05, 0) is 68.3 Å². The molecular formula is C21H33N3. The topological polar surface area (TPSA) is 39.1 Å². The summed E-state index contributed by atoms with van der Waals surface area (Å²) in [6.45, 7) is 11.5. The van der Waals surface area contributed by atoms with Crippen LogP contribution in [0.1, 0.15) is 58.4 Å². The monoisotopic (exact) mass is 327 g/mol. The first kappa shape index (κ1) is 18.8. The number of piperidine rings is 1. The summed E-state index contributed by atoms with van der Waals surface area (Å²) in [7, 11) is 0. The average Bonchev–Trinajstić information content (AvgIpc) is 2.58. The Morgan fingerprint density at radius 3 is 2.88 bits per heavy atom. The maximum absolute atomic E-state index is 8.60. The van der Waals surface area contributed by atoms with Crippen molar-refractivity contribution in [2.75, 3.05) is 31.5 Å². The lowest BCUT2D eigenvalue weighted by molar-refractivity contribution is 0.109. The van der Waals surface area contributed by atoms with Crippen molar-refractivity contribution in [3.63, 3.8) is 0 Å². The molecule has 1 aromatic rings. The van der Waals surface area contributed by atoms with E-state index in [9.17, 15) is 0 Å². The molecule has 24 heavy (non-hydrogen) atoms. The fraction of sp³-hybridized carbons (Fsp3) is 0.667. The molecule has 3 heteroatoms. The lowest BCUT2D eigenvalue weighted by atomic mass is 9.68. The minimum atomic E-state index is 0.267. The van der Waals surface area contributed by atoms with E-state index in [1.165, 1.54) is 50.1 Å². The molecular weight excluding hydrogens is 294 g/mol. The summed E-state index contributed by atoms with van der Waals surface area (Å²) in [6.07, 6.45) is 5.38. The first-order valence-electron chi connectivity index (χ1n) is 9.54. The first-order chi connectivity index (χ1) is 11.6. The summed E-state index contributed by atoms with van der Waals surface area (Å²) in [5.41, 5.74) is 2.98. The zero-order chi connectivity index (χ0) is 17.4. The summed E-state index contributed by atoms with van der Waals surface area (Å²) in [6, 6.07) is 11.2. The van der Waals surface area contributed by atoms with E-state index >= 15 is 0 Å². The van der Waals surface area contributed by atoms with Crippen LogP contribution in [0.15, 0.2) is 24.3 Å². The molecule has 1 saturated heterocycles. The van der Waals surface area contributed by atoms with Gasteiger partial charge in [-0.3, -0.25) is 0 Å². The Morgan fingerprint density at radius 2 is 2.17 bits per heavy atom. The molecule has 0 bridgehead atoms. The smallest absolute Gasteiger partial charge is 0.0621 e. The third-order valence-electron chi connectivity index (χ3n) is 5.73. The molecule has 2 unspecified atom stereocenters. The van der Waals surface area contributed by atoms with E-state index in [2.05, 4.69) is 61.3 Å². The SMILES string of the molecule is CCNc1cccc(C2(C)CCN(CCCCCC#N)CC2C)c1. The van der Waals surface area contributed by atoms with Crippen LogP contribution in [0.4, 0.5) is 5.69 Å². The molecule has 2 atom stereocenters. The van der Waals surface area contributed by atoms with Crippen molar-refractivity contribution in [1.82, 2.24) is 4.90 Å². The van der Waals surface area contributed by atoms with Gasteiger partial charge in [0.2, 0.25) is 0 Å². The number of unbranched alkanes of at least 4 members (excludes halogenated alkanes) is 3. The maximum atomic E-state index is 8.60. The van der Waals surface area contributed by atoms with E-state index in [0.29, 0.717) is 12.3 Å². The molecule has 1 heterocycles. The average molecular weight is 328 g/mol. The van der Waals surface area contributed by atoms with Crippen molar-refractivity contribution in [3.05, 3.63) is 29.8 Å². The van der Waals surface area contributed by atoms with Crippen LogP contribution < -0.4 is 5.32 Å². The Balaban J connectivity index is 1.92. The number of nitriles is 1. The number of benzene rings is 1. The van der Waals surface area contributed by atoms with Crippen LogP contribution in [0.3, 0.4) is 0 Å². The highest BCUT2D eigenvalue weighted by Crippen LogP contribution is 2.40. The van der Waals surface area contributed by atoms with Gasteiger partial charge in [0.25, 0.3) is 0 Å². The number of rotatable bonds is 8. The molecule has 1 N–H and O–H groups in total. The van der Waals surface area contributed by atoms with Crippen molar-refractivity contribution in [2.45, 2.75) is 58.3 Å². The van der Waals surface area contributed by atoms with Crippen molar-refractivity contribution in [2.24, 2.45) is 5.92 Å². The summed E-state index contributed by atoms with van der Waals surface area (Å²) >= 11 is 0. The van der Waals surface area contributed by atoms with Gasteiger partial charge < -0.3 is 10.2 Å². The highest BCUT2D eigenvalue weighted by Gasteiger charge is 2.37. The van der Waals surface area contributed by atoms with Gasteiger partial charge in [-0.15, -0.1) is 0 Å². The van der Waals surface area contributed by atoms with Crippen LogP contribution in [-0.4, -0.2) is 31.1 Å². The van der Waals surface area contributed by atoms with Crippen LogP contribution in [0.2, 0.25) is 0 Å². The van der Waals surface area contributed by atoms with E-state index in [-0.39, 0.29) is 5.41 Å². The molecule has 132 valence electrons. The molecule has 1 aromatic carbocycles. The van der Waals surface area contributed by atoms with Crippen molar-refractivity contribution < 1.29 is 0 Å². The molecule has 1 aliphatic rings. The normalized spacial score (nSPS) is 24.5. The van der Waals surface area contributed by atoms with E-state index in [1.807, 2.05) is 0 Å². The Labute approximate surface area is 148 Å². The van der Waals surface area contributed by atoms with Crippen LogP contribution in [0.5, 0.6) is 0 Å². The third kappa shape index (κ3) is 4.74. The summed E-state index contributed by atoms with van der Waals surface area (Å²) in [4.78, 5) is 2.62. The summed E-state index contributed by atoms with van der Waals surface area (Å²) in [5.74, 6) is 0.655. The Kier molecular flexibility index (Phi) is 7.12. The molecule has 0 radical (unpaired) electrons. The fourth-order valence-corrected chi connectivity index (χ4v) is 3.85. The van der Waals surface area contributed by atoms with Crippen LogP contribution in [0.25, 0.3) is 0 Å². The second-order valence-electron chi connectivity index (χ2n) is 7.45. The van der Waals surface area contributed by atoms with Gasteiger partial charge in [0.05, 0.1) is 6.07 Å². The molecule has 3 nitrogen and oxygen atoms in total. The molecule has 1 aliphatic heterocycles. The van der Waals surface area contributed by atoms with Crippen LogP contribution in [-0.2, 0) is 5.41 Å². The van der Waals surface area contributed by atoms with Gasteiger partial charge in [-0.2, -0.15) is 5.26 Å². The summed E-state index contributed by atoms with van der Waals surface area (Å²) < 4.78 is 0. The molecule has 0 aliphatic carbocycles. The quantitative estimate of drug-likeness (QED) is 0.697. The van der Waals surface area contributed by atoms with E-state index in [1.54, 1.807) is 0 Å². The predicted octanol–water partition coefficient (Wildman–Crippen LogP) is 4.80. The lowest BCUT2D eigenvalue weighted by Gasteiger charge is -2.45. The van der Waals surface area contributed by atoms with Gasteiger partial charge >= 0.3 is 0 Å². The van der Waals surface area contributed by atoms with E-state index < -0.39 is 0 Å². The summed E-state index contributed by atoms with van der Waals surface area (Å²) in [5, 5.41) is 12.0. The fourth-order valence-electron chi connectivity index (χ4n) is 3.85. The van der Waals surface area contributed by atoms with Gasteiger partial charge in [0.1, 0.15) is 0 Å². The largest absolute Gasteiger partial charge is 0.385 e. The molecule has 0 aromatic heterocycles. The standard InChI is InChI=1S/C21H33N3/c1-4-23-20-11-9-10-19(16-20)21(3)12-15-24(17-18(21)2)14-8-6-5-7-13-22/h9-11,16,18,23H,4-8,12,14-15,17H2,1-3H3. The molecule has 1 fully saturated rings. The Bertz CT molecular complexity index is 548. The number of likely N-dealkylation sites (tertiary alicyclic amines) is 1. The number of hydrogen-bond donors (Lipinski definition) is 1. The molecule has 0 saturated carbocycles. The number of nitrogens with one attached hydrogen (secondary N) is 1. The van der Waals surface area contributed by atoms with Gasteiger partial charge in [-0.25, -0.2) is 0 Å². The highest BCUT2D eigenvalue weighted by molar-refractivity contribution is 5.47. The van der Waals surface area contributed by atoms with Crippen molar-refractivity contribution >= 4 is 5.69 Å². The number of nitrogens with zero attached hydrogens (tertiary/aromatic N) is 2. The number of hydrogen-bond acceptors (Lipinski definition) is 3. The zero-order valence-corrected chi connectivity index (χ0v) is 15.6. The minimum Gasteiger partial charge on any atom is -0.385 e. The van der Waals surface area contributed by atoms with E-state index in [0.717, 1.165) is 13.0 Å². The van der Waals surface area contributed by atoms with E-state index in [4.69, 9.17) is 5.26 Å². The first-order valence-corrected chi connectivity index (χ1v) is 9.54. The Hall–Kier alpha value is -1.53. The van der Waals surface area contributed by atoms with Gasteiger partial charge in [0, 0.05) is 25.2 Å². The second kappa shape index (κ2) is 9.08. The zero-order valence-electron chi connectivity index (χ0n) is 15.6. The van der Waals surface area contributed by atoms with Crippen molar-refractivity contribution in [3.8, 4) is 6.07 Å². The number of anilines is 1. The molecule has 0 amide bonds. The predicted molar refractivity (Wildman–Crippen MR) is 102 cm³/mol. The van der Waals surface area contributed by atoms with Crippen LogP contribution >= 0.6 is 0 Å². The maximum Gasteiger partial charge on any atom is 0.0621 e. The minimum absolute atomic E-state index is 0.267. The second-order valence-corrected chi connectivity index (χ2v) is 7.45. The van der Waals surface area contributed by atoms with Crippen molar-refractivity contribution in [1.29, 1.82) is 5.26 Å².